The van der Waals surface area contributed by atoms with Crippen LogP contribution in [-0.2, 0) is 13.0 Å². The number of aryl methyl sites for hydroxylation is 1. The molecule has 5 nitrogen and oxygen atoms in total. The molecule has 2 atom stereocenters. The first-order chi connectivity index (χ1) is 11.6. The van der Waals surface area contributed by atoms with Gasteiger partial charge in [-0.25, -0.2) is 0 Å². The topological polar surface area (TPSA) is 51.4 Å². The van der Waals surface area contributed by atoms with Crippen LogP contribution in [0.1, 0.15) is 50.0 Å². The molecule has 1 fully saturated rings. The number of hydrogen-bond acceptors (Lipinski definition) is 5. The summed E-state index contributed by atoms with van der Waals surface area (Å²) in [6.45, 7) is 6.20. The number of likely N-dealkylation sites (tertiary alicyclic amines) is 1. The zero-order valence-electron chi connectivity index (χ0n) is 14.5. The second kappa shape index (κ2) is 7.53. The Hall–Kier alpha value is -1.59. The average molecular weight is 350 g/mol. The summed E-state index contributed by atoms with van der Waals surface area (Å²) in [7, 11) is 1.64. The van der Waals surface area contributed by atoms with Crippen molar-refractivity contribution in [3.63, 3.8) is 0 Å². The van der Waals surface area contributed by atoms with Gasteiger partial charge in [0, 0.05) is 19.0 Å². The first-order valence-corrected chi connectivity index (χ1v) is 8.89. The third-order valence-corrected chi connectivity index (χ3v) is 5.13. The predicted octanol–water partition coefficient (Wildman–Crippen LogP) is 4.06. The molecule has 0 aliphatic carbocycles. The Balaban J connectivity index is 1.74. The van der Waals surface area contributed by atoms with Crippen LogP contribution in [-0.4, -0.2) is 34.8 Å². The fourth-order valence-corrected chi connectivity index (χ4v) is 3.56. The summed E-state index contributed by atoms with van der Waals surface area (Å²) < 4.78 is 11.1. The van der Waals surface area contributed by atoms with E-state index >= 15 is 0 Å². The molecule has 1 aromatic carbocycles. The molecule has 0 saturated carbocycles. The predicted molar refractivity (Wildman–Crippen MR) is 93.5 cm³/mol. The van der Waals surface area contributed by atoms with Gasteiger partial charge >= 0.3 is 0 Å². The third-order valence-electron chi connectivity index (χ3n) is 4.82. The molecule has 0 bridgehead atoms. The number of nitrogens with zero attached hydrogens (tertiary/aromatic N) is 3. The van der Waals surface area contributed by atoms with E-state index in [1.807, 2.05) is 19.1 Å². The van der Waals surface area contributed by atoms with Gasteiger partial charge in [-0.1, -0.05) is 24.6 Å². The Morgan fingerprint density at radius 2 is 2.21 bits per heavy atom. The molecule has 1 aliphatic heterocycles. The minimum atomic E-state index is 0.292. The van der Waals surface area contributed by atoms with E-state index in [-0.39, 0.29) is 0 Å². The lowest BCUT2D eigenvalue weighted by atomic mass is 9.89. The number of aromatic nitrogens is 2. The summed E-state index contributed by atoms with van der Waals surface area (Å²) in [6, 6.07) is 6.32. The number of rotatable bonds is 5. The molecule has 2 heterocycles. The van der Waals surface area contributed by atoms with Crippen LogP contribution in [0.3, 0.4) is 0 Å². The van der Waals surface area contributed by atoms with Gasteiger partial charge in [-0.05, 0) is 44.0 Å². The molecular weight excluding hydrogens is 326 g/mol. The Morgan fingerprint density at radius 3 is 2.92 bits per heavy atom. The van der Waals surface area contributed by atoms with Crippen molar-refractivity contribution >= 4 is 11.6 Å². The lowest BCUT2D eigenvalue weighted by molar-refractivity contribution is 0.118. The first kappa shape index (κ1) is 17.2. The zero-order chi connectivity index (χ0) is 17.1. The molecule has 0 radical (unpaired) electrons. The standard InChI is InChI=1S/C18H24ClN3O2/c1-4-17-20-21-18(24-17)14-6-5-9-22(12(14)2)11-13-7-8-15(19)16(10-13)23-3/h7-8,10,12,14H,4-6,9,11H2,1-3H3/t12-,14-/m0/s1. The van der Waals surface area contributed by atoms with Gasteiger partial charge in [-0.15, -0.1) is 10.2 Å². The lowest BCUT2D eigenvalue weighted by Crippen LogP contribution is -2.41. The highest BCUT2D eigenvalue weighted by Gasteiger charge is 2.32. The highest BCUT2D eigenvalue weighted by molar-refractivity contribution is 6.32. The van der Waals surface area contributed by atoms with Crippen LogP contribution in [0.15, 0.2) is 22.6 Å². The average Bonchev–Trinajstić information content (AvgIpc) is 3.07. The second-order valence-corrected chi connectivity index (χ2v) is 6.72. The van der Waals surface area contributed by atoms with Crippen LogP contribution in [0.2, 0.25) is 5.02 Å². The van der Waals surface area contributed by atoms with Gasteiger partial charge in [0.05, 0.1) is 18.1 Å². The van der Waals surface area contributed by atoms with E-state index in [1.165, 1.54) is 5.56 Å². The molecule has 6 heteroatoms. The van der Waals surface area contributed by atoms with Gasteiger partial charge in [0.15, 0.2) is 0 Å². The quantitative estimate of drug-likeness (QED) is 0.814. The third kappa shape index (κ3) is 3.57. The van der Waals surface area contributed by atoms with Gasteiger partial charge in [-0.3, -0.25) is 4.90 Å². The maximum Gasteiger partial charge on any atom is 0.221 e. The van der Waals surface area contributed by atoms with Crippen LogP contribution in [0, 0.1) is 0 Å². The van der Waals surface area contributed by atoms with Crippen molar-refractivity contribution in [2.24, 2.45) is 0 Å². The largest absolute Gasteiger partial charge is 0.495 e. The highest BCUT2D eigenvalue weighted by Crippen LogP contribution is 2.33. The molecule has 3 rings (SSSR count). The first-order valence-electron chi connectivity index (χ1n) is 8.51. The SMILES string of the molecule is CCc1nnc([C@H]2CCCN(Cc3ccc(Cl)c(OC)c3)[C@H]2C)o1. The Labute approximate surface area is 148 Å². The summed E-state index contributed by atoms with van der Waals surface area (Å²) in [6.07, 6.45) is 3.00. The van der Waals surface area contributed by atoms with Gasteiger partial charge in [0.2, 0.25) is 11.8 Å². The van der Waals surface area contributed by atoms with Crippen molar-refractivity contribution in [2.45, 2.75) is 51.6 Å². The molecule has 0 unspecified atom stereocenters. The van der Waals surface area contributed by atoms with Crippen molar-refractivity contribution in [1.29, 1.82) is 0 Å². The molecule has 1 aromatic heterocycles. The van der Waals surface area contributed by atoms with E-state index in [4.69, 9.17) is 20.8 Å². The molecule has 130 valence electrons. The second-order valence-electron chi connectivity index (χ2n) is 6.32. The van der Waals surface area contributed by atoms with Crippen molar-refractivity contribution in [3.05, 3.63) is 40.6 Å². The fourth-order valence-electron chi connectivity index (χ4n) is 3.36. The van der Waals surface area contributed by atoms with Crippen molar-refractivity contribution in [2.75, 3.05) is 13.7 Å². The summed E-state index contributed by atoms with van der Waals surface area (Å²) in [4.78, 5) is 2.46. The number of halogens is 1. The molecule has 0 spiro atoms. The summed E-state index contributed by atoms with van der Waals surface area (Å²) in [5, 5.41) is 9.02. The smallest absolute Gasteiger partial charge is 0.221 e. The van der Waals surface area contributed by atoms with Crippen LogP contribution in [0.5, 0.6) is 5.75 Å². The molecule has 1 aliphatic rings. The molecule has 2 aromatic rings. The monoisotopic (exact) mass is 349 g/mol. The fraction of sp³-hybridized carbons (Fsp3) is 0.556. The number of benzene rings is 1. The normalized spacial score (nSPS) is 21.8. The maximum atomic E-state index is 6.12. The van der Waals surface area contributed by atoms with Gasteiger partial charge in [0.1, 0.15) is 5.75 Å². The molecule has 0 N–H and O–H groups in total. The number of ether oxygens (including phenoxy) is 1. The van der Waals surface area contributed by atoms with Gasteiger partial charge < -0.3 is 9.15 Å². The summed E-state index contributed by atoms with van der Waals surface area (Å²) >= 11 is 6.12. The number of hydrogen-bond donors (Lipinski definition) is 0. The molecule has 0 amide bonds. The Bertz CT molecular complexity index is 689. The summed E-state index contributed by atoms with van der Waals surface area (Å²) in [5.74, 6) is 2.51. The van der Waals surface area contributed by atoms with Crippen LogP contribution in [0.4, 0.5) is 0 Å². The Kier molecular flexibility index (Phi) is 5.41. The minimum Gasteiger partial charge on any atom is -0.495 e. The lowest BCUT2D eigenvalue weighted by Gasteiger charge is -2.38. The van der Waals surface area contributed by atoms with Gasteiger partial charge in [-0.2, -0.15) is 0 Å². The van der Waals surface area contributed by atoms with Gasteiger partial charge in [0.25, 0.3) is 0 Å². The maximum absolute atomic E-state index is 6.12. The van der Waals surface area contributed by atoms with E-state index in [1.54, 1.807) is 7.11 Å². The molecule has 24 heavy (non-hydrogen) atoms. The van der Waals surface area contributed by atoms with Crippen LogP contribution in [0.25, 0.3) is 0 Å². The van der Waals surface area contributed by atoms with Crippen molar-refractivity contribution in [1.82, 2.24) is 15.1 Å². The molecular formula is C18H24ClN3O2. The van der Waals surface area contributed by atoms with Crippen LogP contribution < -0.4 is 4.74 Å². The number of piperidine rings is 1. The van der Waals surface area contributed by atoms with E-state index in [0.717, 1.165) is 49.9 Å². The molecule has 1 saturated heterocycles. The van der Waals surface area contributed by atoms with E-state index in [9.17, 15) is 0 Å². The highest BCUT2D eigenvalue weighted by atomic mass is 35.5. The van der Waals surface area contributed by atoms with Crippen molar-refractivity contribution < 1.29 is 9.15 Å². The van der Waals surface area contributed by atoms with Crippen molar-refractivity contribution in [3.8, 4) is 5.75 Å². The number of methoxy groups -OCH3 is 1. The van der Waals surface area contributed by atoms with Crippen LogP contribution >= 0.6 is 11.6 Å². The minimum absolute atomic E-state index is 0.292. The Morgan fingerprint density at radius 1 is 1.38 bits per heavy atom. The van der Waals surface area contributed by atoms with E-state index < -0.39 is 0 Å². The zero-order valence-corrected chi connectivity index (χ0v) is 15.2. The van der Waals surface area contributed by atoms with E-state index in [0.29, 0.717) is 17.0 Å². The van der Waals surface area contributed by atoms with E-state index in [2.05, 4.69) is 28.1 Å². The summed E-state index contributed by atoms with van der Waals surface area (Å²) in [5.41, 5.74) is 1.20.